The first-order valence-electron chi connectivity index (χ1n) is 6.20. The van der Waals surface area contributed by atoms with Gasteiger partial charge in [-0.15, -0.1) is 0 Å². The largest absolute Gasteiger partial charge is 0.513 e. The maximum absolute atomic E-state index is 11.5. The van der Waals surface area contributed by atoms with Crippen LogP contribution in [0, 0.1) is 6.92 Å². The number of rotatable bonds is 4. The molecule has 0 N–H and O–H groups in total. The second-order valence-electron chi connectivity index (χ2n) is 4.20. The second kappa shape index (κ2) is 6.59. The summed E-state index contributed by atoms with van der Waals surface area (Å²) in [5.74, 6) is 0.534. The van der Waals surface area contributed by atoms with Gasteiger partial charge in [-0.2, -0.15) is 0 Å². The Kier molecular flexibility index (Phi) is 4.56. The summed E-state index contributed by atoms with van der Waals surface area (Å²) in [6.45, 7) is 2.20. The van der Waals surface area contributed by atoms with Gasteiger partial charge in [-0.25, -0.2) is 4.79 Å². The third kappa shape index (κ3) is 4.14. The average Bonchev–Trinajstić information content (AvgIpc) is 2.43. The summed E-state index contributed by atoms with van der Waals surface area (Å²) in [5, 5.41) is 0. The molecule has 0 aliphatic rings. The predicted molar refractivity (Wildman–Crippen MR) is 73.3 cm³/mol. The molecule has 0 atom stereocenters. The second-order valence-corrected chi connectivity index (χ2v) is 4.20. The Hall–Kier alpha value is -2.29. The molecule has 2 rings (SSSR count). The highest BCUT2D eigenvalue weighted by Crippen LogP contribution is 2.16. The highest BCUT2D eigenvalue weighted by atomic mass is 16.7. The highest BCUT2D eigenvalue weighted by molar-refractivity contribution is 5.64. The Bertz CT molecular complexity index is 535. The zero-order valence-corrected chi connectivity index (χ0v) is 10.8. The molecule has 2 aromatic rings. The van der Waals surface area contributed by atoms with E-state index in [2.05, 4.69) is 0 Å². The van der Waals surface area contributed by atoms with E-state index in [1.807, 2.05) is 55.5 Å². The average molecular weight is 256 g/mol. The quantitative estimate of drug-likeness (QED) is 0.617. The van der Waals surface area contributed by atoms with Crippen molar-refractivity contribution in [3.05, 3.63) is 65.7 Å². The van der Waals surface area contributed by atoms with E-state index in [9.17, 15) is 4.79 Å². The minimum atomic E-state index is -0.662. The van der Waals surface area contributed by atoms with Crippen LogP contribution in [0.2, 0.25) is 0 Å². The van der Waals surface area contributed by atoms with Gasteiger partial charge in [0.25, 0.3) is 0 Å². The maximum Gasteiger partial charge on any atom is 0.513 e. The molecular weight excluding hydrogens is 240 g/mol. The molecule has 98 valence electrons. The maximum atomic E-state index is 11.5. The molecule has 3 nitrogen and oxygen atoms in total. The molecule has 19 heavy (non-hydrogen) atoms. The smallest absolute Gasteiger partial charge is 0.434 e. The highest BCUT2D eigenvalue weighted by Gasteiger charge is 2.07. The van der Waals surface area contributed by atoms with E-state index in [1.165, 1.54) is 0 Å². The van der Waals surface area contributed by atoms with Gasteiger partial charge in [-0.3, -0.25) is 0 Å². The van der Waals surface area contributed by atoms with Crippen molar-refractivity contribution >= 4 is 6.16 Å². The van der Waals surface area contributed by atoms with Crippen LogP contribution in [0.1, 0.15) is 11.1 Å². The van der Waals surface area contributed by atoms with Crippen molar-refractivity contribution < 1.29 is 14.3 Å². The minimum absolute atomic E-state index is 0.314. The van der Waals surface area contributed by atoms with Gasteiger partial charge in [0, 0.05) is 6.42 Å². The van der Waals surface area contributed by atoms with Gasteiger partial charge in [0.15, 0.2) is 0 Å². The van der Waals surface area contributed by atoms with Gasteiger partial charge in [-0.05, 0) is 24.1 Å². The van der Waals surface area contributed by atoms with Crippen molar-refractivity contribution in [1.82, 2.24) is 0 Å². The molecule has 0 fully saturated rings. The predicted octanol–water partition coefficient (Wildman–Crippen LogP) is 3.75. The lowest BCUT2D eigenvalue weighted by molar-refractivity contribution is 0.0999. The number of hydrogen-bond donors (Lipinski definition) is 0. The summed E-state index contributed by atoms with van der Waals surface area (Å²) < 4.78 is 10.2. The minimum Gasteiger partial charge on any atom is -0.434 e. The van der Waals surface area contributed by atoms with Gasteiger partial charge < -0.3 is 9.47 Å². The van der Waals surface area contributed by atoms with E-state index in [-0.39, 0.29) is 0 Å². The van der Waals surface area contributed by atoms with Gasteiger partial charge in [0.05, 0.1) is 6.61 Å². The fraction of sp³-hybridized carbons (Fsp3) is 0.188. The Morgan fingerprint density at radius 2 is 1.68 bits per heavy atom. The number of aryl methyl sites for hydroxylation is 1. The van der Waals surface area contributed by atoms with Gasteiger partial charge in [0.1, 0.15) is 5.75 Å². The number of benzene rings is 2. The van der Waals surface area contributed by atoms with Gasteiger partial charge in [-0.1, -0.05) is 48.5 Å². The summed E-state index contributed by atoms with van der Waals surface area (Å²) in [6, 6.07) is 17.2. The van der Waals surface area contributed by atoms with Crippen LogP contribution in [-0.4, -0.2) is 12.8 Å². The molecule has 0 bridgehead atoms. The standard InChI is InChI=1S/C16H16O3/c1-13-7-5-6-10-15(13)19-16(17)18-12-11-14-8-3-2-4-9-14/h2-10H,11-12H2,1H3. The first-order valence-corrected chi connectivity index (χ1v) is 6.20. The number of carbonyl (C=O) groups excluding carboxylic acids is 1. The van der Waals surface area contributed by atoms with Crippen LogP contribution in [-0.2, 0) is 11.2 Å². The number of hydrogen-bond acceptors (Lipinski definition) is 3. The fourth-order valence-electron chi connectivity index (χ4n) is 1.69. The van der Waals surface area contributed by atoms with Crippen molar-refractivity contribution in [3.63, 3.8) is 0 Å². The zero-order chi connectivity index (χ0) is 13.5. The molecule has 0 spiro atoms. The first-order chi connectivity index (χ1) is 9.25. The van der Waals surface area contributed by atoms with Crippen LogP contribution >= 0.6 is 0 Å². The molecule has 0 amide bonds. The molecule has 0 unspecified atom stereocenters. The molecule has 0 aliphatic carbocycles. The molecule has 0 radical (unpaired) electrons. The molecule has 0 aromatic heterocycles. The van der Waals surface area contributed by atoms with E-state index in [4.69, 9.17) is 9.47 Å². The Morgan fingerprint density at radius 3 is 2.42 bits per heavy atom. The van der Waals surface area contributed by atoms with Crippen LogP contribution in [0.4, 0.5) is 4.79 Å². The lowest BCUT2D eigenvalue weighted by Gasteiger charge is -2.07. The van der Waals surface area contributed by atoms with Crippen LogP contribution in [0.3, 0.4) is 0 Å². The molecular formula is C16H16O3. The Balaban J connectivity index is 1.78. The summed E-state index contributed by atoms with van der Waals surface area (Å²) in [6.07, 6.45) is 0.0224. The normalized spacial score (nSPS) is 9.95. The zero-order valence-electron chi connectivity index (χ0n) is 10.8. The third-order valence-electron chi connectivity index (χ3n) is 2.74. The number of para-hydroxylation sites is 1. The molecule has 2 aromatic carbocycles. The Morgan fingerprint density at radius 1 is 1.00 bits per heavy atom. The topological polar surface area (TPSA) is 35.5 Å². The Labute approximate surface area is 112 Å². The lowest BCUT2D eigenvalue weighted by atomic mass is 10.2. The summed E-state index contributed by atoms with van der Waals surface area (Å²) in [5.41, 5.74) is 2.04. The third-order valence-corrected chi connectivity index (χ3v) is 2.74. The fourth-order valence-corrected chi connectivity index (χ4v) is 1.69. The summed E-state index contributed by atoms with van der Waals surface area (Å²) in [7, 11) is 0. The van der Waals surface area contributed by atoms with E-state index < -0.39 is 6.16 Å². The molecule has 3 heteroatoms. The SMILES string of the molecule is Cc1ccccc1OC(=O)OCCc1ccccc1. The van der Waals surface area contributed by atoms with E-state index in [0.717, 1.165) is 11.1 Å². The van der Waals surface area contributed by atoms with Crippen LogP contribution in [0.25, 0.3) is 0 Å². The van der Waals surface area contributed by atoms with Crippen LogP contribution in [0.15, 0.2) is 54.6 Å². The molecule has 0 saturated carbocycles. The molecule has 0 heterocycles. The van der Waals surface area contributed by atoms with Crippen molar-refractivity contribution in [2.24, 2.45) is 0 Å². The van der Waals surface area contributed by atoms with Crippen molar-refractivity contribution in [2.75, 3.05) is 6.61 Å². The summed E-state index contributed by atoms with van der Waals surface area (Å²) in [4.78, 5) is 11.5. The lowest BCUT2D eigenvalue weighted by Crippen LogP contribution is -2.13. The van der Waals surface area contributed by atoms with Crippen molar-refractivity contribution in [1.29, 1.82) is 0 Å². The van der Waals surface area contributed by atoms with Gasteiger partial charge >= 0.3 is 6.16 Å². The molecule has 0 saturated heterocycles. The molecule has 0 aliphatic heterocycles. The number of carbonyl (C=O) groups is 1. The van der Waals surface area contributed by atoms with Crippen molar-refractivity contribution in [3.8, 4) is 5.75 Å². The summed E-state index contributed by atoms with van der Waals surface area (Å²) >= 11 is 0. The van der Waals surface area contributed by atoms with Crippen LogP contribution < -0.4 is 4.74 Å². The van der Waals surface area contributed by atoms with E-state index >= 15 is 0 Å². The first kappa shape index (κ1) is 13.1. The van der Waals surface area contributed by atoms with E-state index in [0.29, 0.717) is 18.8 Å². The van der Waals surface area contributed by atoms with Gasteiger partial charge in [0.2, 0.25) is 0 Å². The van der Waals surface area contributed by atoms with Crippen LogP contribution in [0.5, 0.6) is 5.75 Å². The monoisotopic (exact) mass is 256 g/mol. The van der Waals surface area contributed by atoms with E-state index in [1.54, 1.807) is 6.07 Å². The number of ether oxygens (including phenoxy) is 2. The van der Waals surface area contributed by atoms with Crippen molar-refractivity contribution in [2.45, 2.75) is 13.3 Å².